The zero-order chi connectivity index (χ0) is 15.6. The summed E-state index contributed by atoms with van der Waals surface area (Å²) in [6, 6.07) is 0. The molecule has 0 N–H and O–H groups in total. The van der Waals surface area contributed by atoms with Gasteiger partial charge in [0.15, 0.2) is 0 Å². The molecule has 0 aliphatic heterocycles. The van der Waals surface area contributed by atoms with E-state index in [0.29, 0.717) is 6.42 Å². The average Bonchev–Trinajstić information content (AvgIpc) is 2.59. The standard InChI is InChI=1S/C21H37F/c1-2-18-9-13-20(14-10-18)21-15-11-19(12-16-21)8-6-4-3-5-7-17-22/h3-4,18-21H,2,5-17H2,1H3/t18-,19-,20-,21-. The molecule has 0 aromatic rings. The maximum Gasteiger partial charge on any atom is 0.0897 e. The Labute approximate surface area is 138 Å². The van der Waals surface area contributed by atoms with Gasteiger partial charge in [-0.15, -0.1) is 0 Å². The van der Waals surface area contributed by atoms with Crippen LogP contribution in [0.2, 0.25) is 0 Å². The minimum absolute atomic E-state index is 0.172. The van der Waals surface area contributed by atoms with Crippen LogP contribution in [0.3, 0.4) is 0 Å². The monoisotopic (exact) mass is 308 g/mol. The van der Waals surface area contributed by atoms with Gasteiger partial charge < -0.3 is 0 Å². The molecule has 0 spiro atoms. The highest BCUT2D eigenvalue weighted by Gasteiger charge is 2.30. The highest BCUT2D eigenvalue weighted by molar-refractivity contribution is 4.85. The third-order valence-corrected chi connectivity index (χ3v) is 6.44. The van der Waals surface area contributed by atoms with E-state index in [2.05, 4.69) is 19.1 Å². The Kier molecular flexibility index (Phi) is 8.55. The van der Waals surface area contributed by atoms with Crippen molar-refractivity contribution in [3.05, 3.63) is 12.2 Å². The fourth-order valence-corrected chi connectivity index (χ4v) is 4.78. The summed E-state index contributed by atoms with van der Waals surface area (Å²) < 4.78 is 12.0. The lowest BCUT2D eigenvalue weighted by Gasteiger charge is -2.37. The number of alkyl halides is 1. The van der Waals surface area contributed by atoms with Gasteiger partial charge >= 0.3 is 0 Å². The van der Waals surface area contributed by atoms with Gasteiger partial charge in [0, 0.05) is 0 Å². The van der Waals surface area contributed by atoms with E-state index in [4.69, 9.17) is 0 Å². The van der Waals surface area contributed by atoms with E-state index in [1.165, 1.54) is 70.6 Å². The zero-order valence-corrected chi connectivity index (χ0v) is 14.7. The fourth-order valence-electron chi connectivity index (χ4n) is 4.78. The molecule has 128 valence electrons. The third-order valence-electron chi connectivity index (χ3n) is 6.44. The second-order valence-electron chi connectivity index (χ2n) is 7.85. The molecule has 0 aromatic carbocycles. The highest BCUT2D eigenvalue weighted by Crippen LogP contribution is 2.42. The van der Waals surface area contributed by atoms with Crippen molar-refractivity contribution in [2.75, 3.05) is 6.67 Å². The molecule has 0 saturated heterocycles. The lowest BCUT2D eigenvalue weighted by molar-refractivity contribution is 0.143. The van der Waals surface area contributed by atoms with E-state index in [-0.39, 0.29) is 6.67 Å². The van der Waals surface area contributed by atoms with Gasteiger partial charge in [0.05, 0.1) is 6.67 Å². The summed E-state index contributed by atoms with van der Waals surface area (Å²) in [6.45, 7) is 2.19. The molecule has 2 fully saturated rings. The predicted octanol–water partition coefficient (Wildman–Crippen LogP) is 7.10. The lowest BCUT2D eigenvalue weighted by Crippen LogP contribution is -2.25. The molecule has 1 heteroatoms. The van der Waals surface area contributed by atoms with Crippen LogP contribution in [0.25, 0.3) is 0 Å². The van der Waals surface area contributed by atoms with Crippen molar-refractivity contribution in [2.45, 2.75) is 90.4 Å². The van der Waals surface area contributed by atoms with Gasteiger partial charge in [-0.25, -0.2) is 0 Å². The fraction of sp³-hybridized carbons (Fsp3) is 0.905. The number of rotatable bonds is 8. The Hall–Kier alpha value is -0.330. The molecule has 2 rings (SSSR count). The van der Waals surface area contributed by atoms with Gasteiger partial charge in [-0.3, -0.25) is 4.39 Å². The van der Waals surface area contributed by atoms with Crippen LogP contribution in [-0.2, 0) is 0 Å². The molecule has 0 radical (unpaired) electrons. The first-order valence-electron chi connectivity index (χ1n) is 10.0. The summed E-state index contributed by atoms with van der Waals surface area (Å²) in [7, 11) is 0. The first-order valence-corrected chi connectivity index (χ1v) is 10.0. The van der Waals surface area contributed by atoms with Crippen molar-refractivity contribution >= 4 is 0 Å². The van der Waals surface area contributed by atoms with Crippen molar-refractivity contribution in [1.29, 1.82) is 0 Å². The quantitative estimate of drug-likeness (QED) is 0.331. The molecule has 0 aromatic heterocycles. The molecule has 0 bridgehead atoms. The van der Waals surface area contributed by atoms with Crippen LogP contribution in [0.4, 0.5) is 4.39 Å². The molecule has 0 unspecified atom stereocenters. The van der Waals surface area contributed by atoms with Gasteiger partial charge in [0.2, 0.25) is 0 Å². The lowest BCUT2D eigenvalue weighted by atomic mass is 9.68. The third kappa shape index (κ3) is 6.05. The maximum absolute atomic E-state index is 12.0. The summed E-state index contributed by atoms with van der Waals surface area (Å²) in [5, 5.41) is 0. The smallest absolute Gasteiger partial charge is 0.0897 e. The Morgan fingerprint density at radius 2 is 1.32 bits per heavy atom. The Bertz CT molecular complexity index is 293. The van der Waals surface area contributed by atoms with Gasteiger partial charge in [0.25, 0.3) is 0 Å². The second-order valence-corrected chi connectivity index (χ2v) is 7.85. The van der Waals surface area contributed by atoms with E-state index in [9.17, 15) is 4.39 Å². The van der Waals surface area contributed by atoms with Crippen LogP contribution < -0.4 is 0 Å². The molecule has 0 heterocycles. The Morgan fingerprint density at radius 3 is 1.86 bits per heavy atom. The van der Waals surface area contributed by atoms with Crippen molar-refractivity contribution in [1.82, 2.24) is 0 Å². The first kappa shape index (κ1) is 18.0. The van der Waals surface area contributed by atoms with Crippen molar-refractivity contribution in [3.63, 3.8) is 0 Å². The van der Waals surface area contributed by atoms with E-state index in [0.717, 1.165) is 30.1 Å². The van der Waals surface area contributed by atoms with Gasteiger partial charge in [-0.1, -0.05) is 51.2 Å². The van der Waals surface area contributed by atoms with Crippen LogP contribution in [0.15, 0.2) is 12.2 Å². The normalized spacial score (nSPS) is 33.4. The van der Waals surface area contributed by atoms with Crippen LogP contribution in [0.5, 0.6) is 0 Å². The molecule has 22 heavy (non-hydrogen) atoms. The first-order chi connectivity index (χ1) is 10.8. The summed E-state index contributed by atoms with van der Waals surface area (Å²) in [6.07, 6.45) is 22.0. The molecule has 0 atom stereocenters. The minimum Gasteiger partial charge on any atom is -0.251 e. The van der Waals surface area contributed by atoms with Crippen LogP contribution in [0, 0.1) is 23.7 Å². The molecule has 2 saturated carbocycles. The number of unbranched alkanes of at least 4 members (excludes halogenated alkanes) is 1. The van der Waals surface area contributed by atoms with E-state index in [1.54, 1.807) is 0 Å². The summed E-state index contributed by atoms with van der Waals surface area (Å²) in [5.41, 5.74) is 0. The van der Waals surface area contributed by atoms with Gasteiger partial charge in [-0.05, 0) is 75.0 Å². The topological polar surface area (TPSA) is 0 Å². The highest BCUT2D eigenvalue weighted by atomic mass is 19.1. The molecular formula is C21H37F. The Morgan fingerprint density at radius 1 is 0.773 bits per heavy atom. The molecule has 2 aliphatic rings. The van der Waals surface area contributed by atoms with E-state index < -0.39 is 0 Å². The number of hydrogen-bond donors (Lipinski definition) is 0. The van der Waals surface area contributed by atoms with Crippen LogP contribution in [-0.4, -0.2) is 6.67 Å². The number of halogens is 1. The van der Waals surface area contributed by atoms with E-state index >= 15 is 0 Å². The molecule has 0 amide bonds. The van der Waals surface area contributed by atoms with E-state index in [1.807, 2.05) is 0 Å². The van der Waals surface area contributed by atoms with Crippen molar-refractivity contribution in [2.24, 2.45) is 23.7 Å². The van der Waals surface area contributed by atoms with Crippen LogP contribution in [0.1, 0.15) is 90.4 Å². The zero-order valence-electron chi connectivity index (χ0n) is 14.7. The van der Waals surface area contributed by atoms with Crippen molar-refractivity contribution < 1.29 is 4.39 Å². The molecule has 0 nitrogen and oxygen atoms in total. The number of allylic oxidation sites excluding steroid dienone is 2. The Balaban J connectivity index is 1.57. The summed E-state index contributed by atoms with van der Waals surface area (Å²) >= 11 is 0. The summed E-state index contributed by atoms with van der Waals surface area (Å²) in [4.78, 5) is 0. The second kappa shape index (κ2) is 10.4. The van der Waals surface area contributed by atoms with Crippen LogP contribution >= 0.6 is 0 Å². The molecular weight excluding hydrogens is 271 g/mol. The largest absolute Gasteiger partial charge is 0.251 e. The van der Waals surface area contributed by atoms with Crippen molar-refractivity contribution in [3.8, 4) is 0 Å². The predicted molar refractivity (Wildman–Crippen MR) is 94.8 cm³/mol. The van der Waals surface area contributed by atoms with Gasteiger partial charge in [0.1, 0.15) is 0 Å². The minimum atomic E-state index is -0.172. The van der Waals surface area contributed by atoms with Gasteiger partial charge in [-0.2, -0.15) is 0 Å². The molecule has 2 aliphatic carbocycles. The SMILES string of the molecule is CC[C@H]1CC[C@H]([C@H]2CC[C@H](CCC=CCCCF)CC2)CC1. The summed E-state index contributed by atoms with van der Waals surface area (Å²) in [5.74, 6) is 4.12. The maximum atomic E-state index is 12.0. The number of hydrogen-bond acceptors (Lipinski definition) is 0. The average molecular weight is 309 g/mol.